The van der Waals surface area contributed by atoms with Crippen LogP contribution in [0.3, 0.4) is 0 Å². The first-order chi connectivity index (χ1) is 9.59. The van der Waals surface area contributed by atoms with Crippen LogP contribution in [0.15, 0.2) is 40.9 Å². The average Bonchev–Trinajstić information content (AvgIpc) is 2.43. The summed E-state index contributed by atoms with van der Waals surface area (Å²) in [5, 5.41) is 2.17. The van der Waals surface area contributed by atoms with Crippen LogP contribution in [0.1, 0.15) is 19.4 Å². The number of halogens is 1. The molecule has 5 heteroatoms. The number of fused-ring (bicyclic) bond motifs is 1. The Morgan fingerprint density at radius 1 is 1.00 bits per heavy atom. The minimum absolute atomic E-state index is 0.294. The first-order valence-corrected chi connectivity index (χ1v) is 9.16. The smallest absolute Gasteiger partial charge is 0.309 e. The van der Waals surface area contributed by atoms with E-state index in [-0.39, 0.29) is 0 Å². The first kappa shape index (κ1) is 15.7. The van der Waals surface area contributed by atoms with Gasteiger partial charge in [0.05, 0.1) is 19.4 Å². The molecule has 0 bridgehead atoms. The fraction of sp³-hybridized carbons (Fsp3) is 0.333. The third kappa shape index (κ3) is 3.50. The van der Waals surface area contributed by atoms with Crippen LogP contribution < -0.4 is 0 Å². The lowest BCUT2D eigenvalue weighted by molar-refractivity contribution is 0.219. The highest BCUT2D eigenvalue weighted by molar-refractivity contribution is 9.10. The van der Waals surface area contributed by atoms with Crippen LogP contribution in [0, 0.1) is 0 Å². The highest BCUT2D eigenvalue weighted by Crippen LogP contribution is 2.52. The maximum absolute atomic E-state index is 12.7. The second-order valence-electron chi connectivity index (χ2n) is 4.36. The number of rotatable bonds is 6. The molecule has 2 aromatic rings. The van der Waals surface area contributed by atoms with Gasteiger partial charge >= 0.3 is 7.60 Å². The highest BCUT2D eigenvalue weighted by Gasteiger charge is 2.25. The molecule has 108 valence electrons. The molecule has 20 heavy (non-hydrogen) atoms. The molecule has 0 unspecified atom stereocenters. The molecule has 0 radical (unpaired) electrons. The van der Waals surface area contributed by atoms with Crippen LogP contribution in [-0.2, 0) is 19.8 Å². The van der Waals surface area contributed by atoms with Gasteiger partial charge in [-0.2, -0.15) is 0 Å². The van der Waals surface area contributed by atoms with E-state index in [1.165, 1.54) is 0 Å². The van der Waals surface area contributed by atoms with E-state index in [0.29, 0.717) is 19.4 Å². The van der Waals surface area contributed by atoms with Crippen LogP contribution in [-0.4, -0.2) is 13.2 Å². The standard InChI is InChI=1S/C15H18BrO3P/c1-3-18-20(17,19-4-2)11-12-9-10-15(16)14-8-6-5-7-13(12)14/h5-10H,3-4,11H2,1-2H3. The Bertz CT molecular complexity index is 632. The van der Waals surface area contributed by atoms with Gasteiger partial charge in [0.25, 0.3) is 0 Å². The molecule has 0 aliphatic rings. The highest BCUT2D eigenvalue weighted by atomic mass is 79.9. The number of hydrogen-bond donors (Lipinski definition) is 0. The Kier molecular flexibility index (Phi) is 5.39. The van der Waals surface area contributed by atoms with Gasteiger partial charge in [-0.25, -0.2) is 0 Å². The van der Waals surface area contributed by atoms with Crippen molar-refractivity contribution >= 4 is 34.3 Å². The molecule has 3 nitrogen and oxygen atoms in total. The normalized spacial score (nSPS) is 11.9. The van der Waals surface area contributed by atoms with Crippen molar-refractivity contribution < 1.29 is 13.6 Å². The number of hydrogen-bond acceptors (Lipinski definition) is 3. The summed E-state index contributed by atoms with van der Waals surface area (Å²) in [5.74, 6) is 0. The lowest BCUT2D eigenvalue weighted by atomic mass is 10.1. The van der Waals surface area contributed by atoms with Crippen LogP contribution in [0.4, 0.5) is 0 Å². The summed E-state index contributed by atoms with van der Waals surface area (Å²) in [5.41, 5.74) is 0.981. The van der Waals surface area contributed by atoms with Crippen LogP contribution >= 0.6 is 23.5 Å². The molecule has 0 saturated carbocycles. The van der Waals surface area contributed by atoms with Crippen molar-refractivity contribution in [1.29, 1.82) is 0 Å². The van der Waals surface area contributed by atoms with Crippen LogP contribution in [0.2, 0.25) is 0 Å². The topological polar surface area (TPSA) is 35.5 Å². The van der Waals surface area contributed by atoms with Gasteiger partial charge in [-0.3, -0.25) is 4.57 Å². The van der Waals surface area contributed by atoms with Gasteiger partial charge in [0, 0.05) is 4.47 Å². The summed E-state index contributed by atoms with van der Waals surface area (Å²) < 4.78 is 24.4. The van der Waals surface area contributed by atoms with E-state index in [1.807, 2.05) is 50.2 Å². The lowest BCUT2D eigenvalue weighted by Gasteiger charge is -2.18. The van der Waals surface area contributed by atoms with Crippen molar-refractivity contribution in [3.05, 3.63) is 46.4 Å². The molecule has 0 saturated heterocycles. The Morgan fingerprint density at radius 3 is 2.20 bits per heavy atom. The molecule has 2 aromatic carbocycles. The molecule has 0 aliphatic heterocycles. The summed E-state index contributed by atoms with van der Waals surface area (Å²) in [6, 6.07) is 12.0. The molecule has 2 rings (SSSR count). The second kappa shape index (κ2) is 6.86. The van der Waals surface area contributed by atoms with E-state index in [1.54, 1.807) is 0 Å². The molecule has 0 fully saturated rings. The molecule has 0 heterocycles. The van der Waals surface area contributed by atoms with E-state index in [4.69, 9.17) is 9.05 Å². The third-order valence-electron chi connectivity index (χ3n) is 2.98. The second-order valence-corrected chi connectivity index (χ2v) is 7.27. The van der Waals surface area contributed by atoms with E-state index < -0.39 is 7.60 Å². The molecule has 0 atom stereocenters. The third-order valence-corrected chi connectivity index (χ3v) is 5.70. The Morgan fingerprint density at radius 2 is 1.60 bits per heavy atom. The maximum Gasteiger partial charge on any atom is 0.335 e. The first-order valence-electron chi connectivity index (χ1n) is 6.64. The molecule has 0 N–H and O–H groups in total. The molecule has 0 spiro atoms. The quantitative estimate of drug-likeness (QED) is 0.652. The van der Waals surface area contributed by atoms with Crippen molar-refractivity contribution in [1.82, 2.24) is 0 Å². The van der Waals surface area contributed by atoms with Crippen molar-refractivity contribution in [3.8, 4) is 0 Å². The maximum atomic E-state index is 12.7. The summed E-state index contributed by atoms with van der Waals surface area (Å²) in [4.78, 5) is 0. The van der Waals surface area contributed by atoms with Gasteiger partial charge < -0.3 is 9.05 Å². The average molecular weight is 357 g/mol. The lowest BCUT2D eigenvalue weighted by Crippen LogP contribution is -1.99. The van der Waals surface area contributed by atoms with Gasteiger partial charge in [-0.05, 0) is 36.2 Å². The fourth-order valence-corrected chi connectivity index (χ4v) is 4.41. The van der Waals surface area contributed by atoms with Gasteiger partial charge in [0.2, 0.25) is 0 Å². The minimum Gasteiger partial charge on any atom is -0.309 e. The van der Waals surface area contributed by atoms with Gasteiger partial charge in [0.15, 0.2) is 0 Å². The van der Waals surface area contributed by atoms with Crippen molar-refractivity contribution in [2.24, 2.45) is 0 Å². The van der Waals surface area contributed by atoms with Crippen molar-refractivity contribution in [2.75, 3.05) is 13.2 Å². The zero-order valence-electron chi connectivity index (χ0n) is 11.6. The molecular formula is C15H18BrO3P. The zero-order valence-corrected chi connectivity index (χ0v) is 14.1. The zero-order chi connectivity index (χ0) is 14.6. The Balaban J connectivity index is 2.43. The van der Waals surface area contributed by atoms with Gasteiger partial charge in [0.1, 0.15) is 0 Å². The summed E-state index contributed by atoms with van der Waals surface area (Å²) in [6.07, 6.45) is 0.294. The van der Waals surface area contributed by atoms with E-state index in [9.17, 15) is 4.57 Å². The summed E-state index contributed by atoms with van der Waals surface area (Å²) in [7, 11) is -3.08. The SMILES string of the molecule is CCOP(=O)(Cc1ccc(Br)c2ccccc12)OCC. The number of benzene rings is 2. The van der Waals surface area contributed by atoms with Crippen LogP contribution in [0.25, 0.3) is 10.8 Å². The predicted molar refractivity (Wildman–Crippen MR) is 86.2 cm³/mol. The van der Waals surface area contributed by atoms with E-state index in [0.717, 1.165) is 20.8 Å². The molecule has 0 amide bonds. The Labute approximate surface area is 127 Å². The van der Waals surface area contributed by atoms with E-state index in [2.05, 4.69) is 15.9 Å². The minimum atomic E-state index is -3.08. The van der Waals surface area contributed by atoms with Crippen molar-refractivity contribution in [2.45, 2.75) is 20.0 Å². The molecule has 0 aliphatic carbocycles. The largest absolute Gasteiger partial charge is 0.335 e. The van der Waals surface area contributed by atoms with Crippen molar-refractivity contribution in [3.63, 3.8) is 0 Å². The van der Waals surface area contributed by atoms with E-state index >= 15 is 0 Å². The molecular weight excluding hydrogens is 339 g/mol. The fourth-order valence-electron chi connectivity index (χ4n) is 2.19. The van der Waals surface area contributed by atoms with Gasteiger partial charge in [-0.1, -0.05) is 46.3 Å². The Hall–Kier alpha value is -0.670. The van der Waals surface area contributed by atoms with Gasteiger partial charge in [-0.15, -0.1) is 0 Å². The summed E-state index contributed by atoms with van der Waals surface area (Å²) >= 11 is 3.54. The summed E-state index contributed by atoms with van der Waals surface area (Å²) in [6.45, 7) is 4.41. The monoisotopic (exact) mass is 356 g/mol. The van der Waals surface area contributed by atoms with Crippen LogP contribution in [0.5, 0.6) is 0 Å². The predicted octanol–water partition coefficient (Wildman–Crippen LogP) is 5.37. The molecule has 0 aromatic heterocycles.